The molecule has 168 valence electrons. The first kappa shape index (κ1) is 24.1. The number of rotatable bonds is 5. The molecule has 0 unspecified atom stereocenters. The van der Waals surface area contributed by atoms with Gasteiger partial charge in [0.05, 0.1) is 11.3 Å². The van der Waals surface area contributed by atoms with Crippen molar-refractivity contribution in [2.24, 2.45) is 0 Å². The SMILES string of the molecule is O=C(O)C(F)(F)F.O=C(O)Cc1ccc([N+](=O)[O-])c(Oc2cccc3ccccc23)c1F. The highest BCUT2D eigenvalue weighted by Crippen LogP contribution is 2.38. The van der Waals surface area contributed by atoms with Gasteiger partial charge in [-0.05, 0) is 17.5 Å². The Labute approximate surface area is 176 Å². The average molecular weight is 455 g/mol. The Bertz CT molecular complexity index is 1170. The lowest BCUT2D eigenvalue weighted by atomic mass is 10.1. The molecule has 0 amide bonds. The van der Waals surface area contributed by atoms with Crippen LogP contribution in [0.4, 0.5) is 23.2 Å². The van der Waals surface area contributed by atoms with E-state index >= 15 is 0 Å². The maximum Gasteiger partial charge on any atom is 0.490 e. The number of nitrogens with zero attached hydrogens (tertiary/aromatic N) is 1. The number of ether oxygens (including phenoxy) is 1. The van der Waals surface area contributed by atoms with Gasteiger partial charge in [-0.3, -0.25) is 14.9 Å². The molecule has 0 saturated carbocycles. The lowest BCUT2D eigenvalue weighted by Crippen LogP contribution is -2.21. The van der Waals surface area contributed by atoms with E-state index in [1.807, 2.05) is 18.2 Å². The zero-order valence-corrected chi connectivity index (χ0v) is 15.8. The summed E-state index contributed by atoms with van der Waals surface area (Å²) < 4.78 is 51.9. The number of nitro benzene ring substituents is 1. The Morgan fingerprint density at radius 1 is 1.00 bits per heavy atom. The van der Waals surface area contributed by atoms with Gasteiger partial charge in [-0.15, -0.1) is 0 Å². The van der Waals surface area contributed by atoms with Gasteiger partial charge in [-0.1, -0.05) is 36.4 Å². The maximum absolute atomic E-state index is 14.6. The van der Waals surface area contributed by atoms with Gasteiger partial charge in [-0.25, -0.2) is 9.18 Å². The molecule has 0 spiro atoms. The van der Waals surface area contributed by atoms with E-state index in [0.29, 0.717) is 5.39 Å². The number of benzene rings is 3. The first-order valence-electron chi connectivity index (χ1n) is 8.55. The van der Waals surface area contributed by atoms with E-state index in [4.69, 9.17) is 19.7 Å². The topological polar surface area (TPSA) is 127 Å². The molecular weight excluding hydrogens is 442 g/mol. The van der Waals surface area contributed by atoms with Crippen LogP contribution in [0, 0.1) is 15.9 Å². The van der Waals surface area contributed by atoms with E-state index in [0.717, 1.165) is 17.5 Å². The smallest absolute Gasteiger partial charge is 0.481 e. The molecule has 32 heavy (non-hydrogen) atoms. The van der Waals surface area contributed by atoms with Gasteiger partial charge in [0.2, 0.25) is 5.75 Å². The molecule has 0 aromatic heterocycles. The molecule has 2 N–H and O–H groups in total. The third-order valence-corrected chi connectivity index (χ3v) is 3.90. The van der Waals surface area contributed by atoms with Crippen LogP contribution < -0.4 is 4.74 Å². The number of alkyl halides is 3. The maximum atomic E-state index is 14.6. The molecule has 0 fully saturated rings. The number of nitro groups is 1. The first-order chi connectivity index (χ1) is 14.9. The fourth-order valence-corrected chi connectivity index (χ4v) is 2.52. The van der Waals surface area contributed by atoms with Crippen LogP contribution in [-0.2, 0) is 16.0 Å². The van der Waals surface area contributed by atoms with E-state index in [1.54, 1.807) is 24.3 Å². The zero-order chi connectivity index (χ0) is 24.1. The summed E-state index contributed by atoms with van der Waals surface area (Å²) in [5.74, 6) is -5.41. The van der Waals surface area contributed by atoms with Crippen LogP contribution in [0.15, 0.2) is 54.6 Å². The molecular formula is C20H13F4NO7. The molecule has 0 aliphatic heterocycles. The number of aliphatic carboxylic acids is 2. The summed E-state index contributed by atoms with van der Waals surface area (Å²) in [5, 5.41) is 28.7. The van der Waals surface area contributed by atoms with E-state index in [9.17, 15) is 32.5 Å². The summed E-state index contributed by atoms with van der Waals surface area (Å²) in [6.45, 7) is 0. The van der Waals surface area contributed by atoms with E-state index in [1.165, 1.54) is 0 Å². The highest BCUT2D eigenvalue weighted by Gasteiger charge is 2.38. The molecule has 3 aromatic carbocycles. The van der Waals surface area contributed by atoms with Crippen molar-refractivity contribution >= 4 is 28.4 Å². The molecule has 0 radical (unpaired) electrons. The second-order valence-electron chi connectivity index (χ2n) is 6.10. The van der Waals surface area contributed by atoms with Gasteiger partial charge >= 0.3 is 23.8 Å². The third kappa shape index (κ3) is 5.90. The number of carboxylic acids is 2. The van der Waals surface area contributed by atoms with E-state index < -0.39 is 46.7 Å². The molecule has 0 bridgehead atoms. The normalized spacial score (nSPS) is 10.8. The number of hydrogen-bond donors (Lipinski definition) is 2. The highest BCUT2D eigenvalue weighted by atomic mass is 19.4. The quantitative estimate of drug-likeness (QED) is 0.317. The predicted molar refractivity (Wildman–Crippen MR) is 102 cm³/mol. The molecule has 3 rings (SSSR count). The summed E-state index contributed by atoms with van der Waals surface area (Å²) >= 11 is 0. The average Bonchev–Trinajstić information content (AvgIpc) is 2.70. The third-order valence-electron chi connectivity index (χ3n) is 3.90. The van der Waals surface area contributed by atoms with Crippen molar-refractivity contribution < 1.29 is 47.0 Å². The minimum absolute atomic E-state index is 0.187. The fraction of sp³-hybridized carbons (Fsp3) is 0.100. The number of carbonyl (C=O) groups is 2. The second-order valence-corrected chi connectivity index (χ2v) is 6.10. The van der Waals surface area contributed by atoms with Crippen LogP contribution in [0.5, 0.6) is 11.5 Å². The number of halogens is 4. The van der Waals surface area contributed by atoms with Crippen LogP contribution in [0.1, 0.15) is 5.56 Å². The summed E-state index contributed by atoms with van der Waals surface area (Å²) in [6, 6.07) is 14.4. The summed E-state index contributed by atoms with van der Waals surface area (Å²) in [6.07, 6.45) is -5.68. The number of hydrogen-bond acceptors (Lipinski definition) is 5. The fourth-order valence-electron chi connectivity index (χ4n) is 2.52. The largest absolute Gasteiger partial charge is 0.490 e. The van der Waals surface area contributed by atoms with Gasteiger partial charge in [-0.2, -0.15) is 13.2 Å². The van der Waals surface area contributed by atoms with Crippen molar-refractivity contribution in [2.45, 2.75) is 12.6 Å². The van der Waals surface area contributed by atoms with Crippen LogP contribution >= 0.6 is 0 Å². The van der Waals surface area contributed by atoms with Crippen LogP contribution in [0.2, 0.25) is 0 Å². The van der Waals surface area contributed by atoms with Gasteiger partial charge in [0.1, 0.15) is 5.75 Å². The van der Waals surface area contributed by atoms with Crippen LogP contribution in [-0.4, -0.2) is 33.3 Å². The van der Waals surface area contributed by atoms with Gasteiger partial charge in [0.15, 0.2) is 5.82 Å². The van der Waals surface area contributed by atoms with Crippen molar-refractivity contribution in [3.05, 3.63) is 76.1 Å². The summed E-state index contributed by atoms with van der Waals surface area (Å²) in [5.41, 5.74) is -0.757. The Kier molecular flexibility index (Phi) is 7.31. The van der Waals surface area contributed by atoms with Gasteiger partial charge in [0.25, 0.3) is 0 Å². The van der Waals surface area contributed by atoms with E-state index in [2.05, 4.69) is 0 Å². The lowest BCUT2D eigenvalue weighted by molar-refractivity contribution is -0.385. The predicted octanol–water partition coefficient (Wildman–Crippen LogP) is 4.94. The van der Waals surface area contributed by atoms with Gasteiger partial charge in [0, 0.05) is 17.0 Å². The van der Waals surface area contributed by atoms with Crippen molar-refractivity contribution in [3.8, 4) is 11.5 Å². The molecule has 8 nitrogen and oxygen atoms in total. The monoisotopic (exact) mass is 455 g/mol. The second kappa shape index (κ2) is 9.73. The summed E-state index contributed by atoms with van der Waals surface area (Å²) in [7, 11) is 0. The summed E-state index contributed by atoms with van der Waals surface area (Å²) in [4.78, 5) is 30.2. The molecule has 0 aliphatic carbocycles. The molecule has 12 heteroatoms. The Balaban J connectivity index is 0.000000451. The first-order valence-corrected chi connectivity index (χ1v) is 8.55. The number of fused-ring (bicyclic) bond motifs is 1. The standard InChI is InChI=1S/C18H12FNO5.C2HF3O2/c19-17-12(10-16(21)22)8-9-14(20(23)24)18(17)25-15-7-3-5-11-4-1-2-6-13(11)15;3-2(4,5)1(6)7/h1-9H,10H2,(H,21,22);(H,6,7). The molecule has 3 aromatic rings. The molecule has 0 saturated heterocycles. The Morgan fingerprint density at radius 2 is 1.59 bits per heavy atom. The minimum Gasteiger partial charge on any atom is -0.481 e. The molecule has 0 atom stereocenters. The molecule has 0 heterocycles. The minimum atomic E-state index is -5.08. The number of carboxylic acid groups (broad SMARTS) is 2. The lowest BCUT2D eigenvalue weighted by Gasteiger charge is -2.11. The van der Waals surface area contributed by atoms with Crippen molar-refractivity contribution in [1.29, 1.82) is 0 Å². The van der Waals surface area contributed by atoms with Gasteiger partial charge < -0.3 is 14.9 Å². The van der Waals surface area contributed by atoms with Crippen LogP contribution in [0.25, 0.3) is 10.8 Å². The van der Waals surface area contributed by atoms with Crippen molar-refractivity contribution in [2.75, 3.05) is 0 Å². The Hall–Kier alpha value is -4.22. The van der Waals surface area contributed by atoms with Crippen LogP contribution in [0.3, 0.4) is 0 Å². The van der Waals surface area contributed by atoms with E-state index in [-0.39, 0.29) is 11.3 Å². The highest BCUT2D eigenvalue weighted by molar-refractivity contribution is 5.88. The van der Waals surface area contributed by atoms with Crippen molar-refractivity contribution in [1.82, 2.24) is 0 Å². The van der Waals surface area contributed by atoms with Crippen molar-refractivity contribution in [3.63, 3.8) is 0 Å². The Morgan fingerprint density at radius 3 is 2.16 bits per heavy atom. The molecule has 0 aliphatic rings. The zero-order valence-electron chi connectivity index (χ0n) is 15.8.